The largest absolute Gasteiger partial charge is 0.321 e. The van der Waals surface area contributed by atoms with Crippen LogP contribution in [0, 0.1) is 11.3 Å². The van der Waals surface area contributed by atoms with Crippen molar-refractivity contribution in [3.63, 3.8) is 0 Å². The van der Waals surface area contributed by atoms with E-state index in [1.54, 1.807) is 13.8 Å². The first-order valence-electron chi connectivity index (χ1n) is 3.71. The van der Waals surface area contributed by atoms with Crippen LogP contribution in [0.25, 0.3) is 0 Å². The average molecular weight is 165 g/mol. The molecule has 2 atom stereocenters. The van der Waals surface area contributed by atoms with Crippen LogP contribution in [0.2, 0.25) is 0 Å². The molecule has 0 spiro atoms. The molecular formula is C7H11N5. The Balaban J connectivity index is 2.86. The Bertz CT molecular complexity index is 295. The van der Waals surface area contributed by atoms with Crippen molar-refractivity contribution in [2.45, 2.75) is 25.9 Å². The van der Waals surface area contributed by atoms with Crippen LogP contribution < -0.4 is 5.73 Å². The van der Waals surface area contributed by atoms with E-state index in [-0.39, 0.29) is 12.1 Å². The maximum atomic E-state index is 8.57. The average Bonchev–Trinajstić information content (AvgIpc) is 2.51. The van der Waals surface area contributed by atoms with E-state index in [2.05, 4.69) is 16.2 Å². The minimum absolute atomic E-state index is 0.183. The summed E-state index contributed by atoms with van der Waals surface area (Å²) in [6.45, 7) is 3.55. The molecule has 12 heavy (non-hydrogen) atoms. The van der Waals surface area contributed by atoms with Crippen LogP contribution in [-0.4, -0.2) is 14.8 Å². The fourth-order valence-corrected chi connectivity index (χ4v) is 0.743. The number of nitrogens with two attached hydrogens (primary N) is 1. The van der Waals surface area contributed by atoms with E-state index in [0.29, 0.717) is 5.82 Å². The van der Waals surface area contributed by atoms with Gasteiger partial charge < -0.3 is 5.73 Å². The molecule has 0 aliphatic carbocycles. The summed E-state index contributed by atoms with van der Waals surface area (Å²) in [5.74, 6) is 0.567. The molecule has 0 bridgehead atoms. The molecule has 0 aromatic carbocycles. The van der Waals surface area contributed by atoms with Crippen molar-refractivity contribution < 1.29 is 0 Å². The topological polar surface area (TPSA) is 80.5 Å². The summed E-state index contributed by atoms with van der Waals surface area (Å²) in [6, 6.07) is 1.58. The zero-order chi connectivity index (χ0) is 9.14. The minimum atomic E-state index is -0.287. The lowest BCUT2D eigenvalue weighted by Crippen LogP contribution is -2.09. The Kier molecular flexibility index (Phi) is 2.41. The lowest BCUT2D eigenvalue weighted by molar-refractivity contribution is 0.574. The number of rotatable bonds is 2. The molecule has 5 heteroatoms. The Morgan fingerprint density at radius 1 is 1.67 bits per heavy atom. The fraction of sp³-hybridized carbons (Fsp3) is 0.571. The molecule has 0 saturated carbocycles. The molecule has 2 N–H and O–H groups in total. The van der Waals surface area contributed by atoms with Gasteiger partial charge in [-0.25, -0.2) is 9.67 Å². The van der Waals surface area contributed by atoms with Crippen molar-refractivity contribution in [3.8, 4) is 6.07 Å². The molecule has 0 saturated heterocycles. The summed E-state index contributed by atoms with van der Waals surface area (Å²) in [5.41, 5.74) is 5.55. The highest BCUT2D eigenvalue weighted by Crippen LogP contribution is 2.05. The van der Waals surface area contributed by atoms with Crippen LogP contribution >= 0.6 is 0 Å². The Hall–Kier alpha value is -1.41. The minimum Gasteiger partial charge on any atom is -0.321 e. The van der Waals surface area contributed by atoms with Gasteiger partial charge in [-0.1, -0.05) is 0 Å². The third kappa shape index (κ3) is 1.60. The zero-order valence-electron chi connectivity index (χ0n) is 7.10. The van der Waals surface area contributed by atoms with Crippen molar-refractivity contribution in [2.75, 3.05) is 0 Å². The summed E-state index contributed by atoms with van der Waals surface area (Å²) in [4.78, 5) is 3.96. The Morgan fingerprint density at radius 3 is 2.75 bits per heavy atom. The molecule has 1 aromatic rings. The number of hydrogen-bond donors (Lipinski definition) is 1. The SMILES string of the molecule is CC(N)c1ncn(C(C)C#N)n1. The molecule has 1 aromatic heterocycles. The molecule has 0 aliphatic rings. The first-order valence-corrected chi connectivity index (χ1v) is 3.71. The summed E-state index contributed by atoms with van der Waals surface area (Å²) in [6.07, 6.45) is 1.52. The fourth-order valence-electron chi connectivity index (χ4n) is 0.743. The van der Waals surface area contributed by atoms with E-state index in [1.807, 2.05) is 0 Å². The van der Waals surface area contributed by atoms with Gasteiger partial charge in [-0.15, -0.1) is 0 Å². The molecule has 0 radical (unpaired) electrons. The third-order valence-electron chi connectivity index (χ3n) is 1.52. The maximum Gasteiger partial charge on any atom is 0.167 e. The quantitative estimate of drug-likeness (QED) is 0.687. The van der Waals surface area contributed by atoms with Crippen molar-refractivity contribution in [2.24, 2.45) is 5.73 Å². The molecule has 0 aliphatic heterocycles. The van der Waals surface area contributed by atoms with Gasteiger partial charge in [0.2, 0.25) is 0 Å². The monoisotopic (exact) mass is 165 g/mol. The van der Waals surface area contributed by atoms with Gasteiger partial charge in [0.15, 0.2) is 5.82 Å². The van der Waals surface area contributed by atoms with Crippen LogP contribution in [0.3, 0.4) is 0 Å². The van der Waals surface area contributed by atoms with Crippen LogP contribution in [0.4, 0.5) is 0 Å². The van der Waals surface area contributed by atoms with Crippen LogP contribution in [0.5, 0.6) is 0 Å². The molecule has 0 fully saturated rings. The highest BCUT2D eigenvalue weighted by Gasteiger charge is 2.08. The zero-order valence-corrected chi connectivity index (χ0v) is 7.10. The van der Waals surface area contributed by atoms with Gasteiger partial charge >= 0.3 is 0 Å². The van der Waals surface area contributed by atoms with E-state index in [1.165, 1.54) is 11.0 Å². The summed E-state index contributed by atoms with van der Waals surface area (Å²) < 4.78 is 1.50. The number of nitriles is 1. The summed E-state index contributed by atoms with van der Waals surface area (Å²) in [5, 5.41) is 12.6. The Morgan fingerprint density at radius 2 is 2.33 bits per heavy atom. The van der Waals surface area contributed by atoms with Crippen molar-refractivity contribution >= 4 is 0 Å². The molecular weight excluding hydrogens is 154 g/mol. The third-order valence-corrected chi connectivity index (χ3v) is 1.52. The molecule has 1 rings (SSSR count). The van der Waals surface area contributed by atoms with Crippen molar-refractivity contribution in [3.05, 3.63) is 12.2 Å². The number of hydrogen-bond acceptors (Lipinski definition) is 4. The number of nitrogens with zero attached hydrogens (tertiary/aromatic N) is 4. The summed E-state index contributed by atoms with van der Waals surface area (Å²) >= 11 is 0. The highest BCUT2D eigenvalue weighted by molar-refractivity contribution is 4.92. The first kappa shape index (κ1) is 8.68. The number of aromatic nitrogens is 3. The van der Waals surface area contributed by atoms with E-state index >= 15 is 0 Å². The standard InChI is InChI=1S/C7H11N5/c1-5(3-8)12-4-10-7(11-12)6(2)9/h4-6H,9H2,1-2H3. The van der Waals surface area contributed by atoms with Crippen molar-refractivity contribution in [1.29, 1.82) is 5.26 Å². The molecule has 2 unspecified atom stereocenters. The van der Waals surface area contributed by atoms with E-state index < -0.39 is 0 Å². The van der Waals surface area contributed by atoms with Gasteiger partial charge in [-0.3, -0.25) is 0 Å². The van der Waals surface area contributed by atoms with Crippen LogP contribution in [0.1, 0.15) is 31.8 Å². The van der Waals surface area contributed by atoms with Gasteiger partial charge in [0, 0.05) is 0 Å². The lowest BCUT2D eigenvalue weighted by atomic mass is 10.3. The van der Waals surface area contributed by atoms with Crippen LogP contribution in [0.15, 0.2) is 6.33 Å². The second kappa shape index (κ2) is 3.32. The van der Waals surface area contributed by atoms with Gasteiger partial charge in [-0.2, -0.15) is 10.4 Å². The lowest BCUT2D eigenvalue weighted by Gasteiger charge is -2.00. The molecule has 64 valence electrons. The van der Waals surface area contributed by atoms with Crippen molar-refractivity contribution in [1.82, 2.24) is 14.8 Å². The predicted molar refractivity (Wildman–Crippen MR) is 42.9 cm³/mol. The van der Waals surface area contributed by atoms with Gasteiger partial charge in [0.05, 0.1) is 12.1 Å². The molecule has 5 nitrogen and oxygen atoms in total. The normalized spacial score (nSPS) is 15.2. The molecule has 0 amide bonds. The van der Waals surface area contributed by atoms with Gasteiger partial charge in [-0.05, 0) is 13.8 Å². The van der Waals surface area contributed by atoms with E-state index in [0.717, 1.165) is 0 Å². The maximum absolute atomic E-state index is 8.57. The van der Waals surface area contributed by atoms with Gasteiger partial charge in [0.25, 0.3) is 0 Å². The second-order valence-electron chi connectivity index (χ2n) is 2.68. The first-order chi connectivity index (χ1) is 5.65. The smallest absolute Gasteiger partial charge is 0.167 e. The molecule has 1 heterocycles. The Labute approximate surface area is 70.8 Å². The van der Waals surface area contributed by atoms with E-state index in [9.17, 15) is 0 Å². The predicted octanol–water partition coefficient (Wildman–Crippen LogP) is 0.382. The summed E-state index contributed by atoms with van der Waals surface area (Å²) in [7, 11) is 0. The van der Waals surface area contributed by atoms with Crippen LogP contribution in [-0.2, 0) is 0 Å². The second-order valence-corrected chi connectivity index (χ2v) is 2.68. The highest BCUT2D eigenvalue weighted by atomic mass is 15.3. The van der Waals surface area contributed by atoms with Gasteiger partial charge in [0.1, 0.15) is 12.4 Å². The van der Waals surface area contributed by atoms with E-state index in [4.69, 9.17) is 11.0 Å².